The van der Waals surface area contributed by atoms with Crippen molar-refractivity contribution in [3.05, 3.63) is 77.9 Å². The molecule has 0 amide bonds. The van der Waals surface area contributed by atoms with Crippen LogP contribution in [0.1, 0.15) is 11.1 Å². The first kappa shape index (κ1) is 25.4. The predicted octanol–water partition coefficient (Wildman–Crippen LogP) is 6.38. The number of fused-ring (bicyclic) bond motifs is 3. The quantitative estimate of drug-likeness (QED) is 0.156. The number of alkyl halides is 3. The molecule has 0 spiro atoms. The minimum Gasteiger partial charge on any atom is -0.419 e. The average molecular weight is 541 g/mol. The maximum atomic E-state index is 12.9. The lowest BCUT2D eigenvalue weighted by atomic mass is 9.99. The van der Waals surface area contributed by atoms with Crippen molar-refractivity contribution in [2.75, 3.05) is 0 Å². The summed E-state index contributed by atoms with van der Waals surface area (Å²) in [6, 6.07) is 18.4. The Labute approximate surface area is 214 Å². The van der Waals surface area contributed by atoms with Gasteiger partial charge in [-0.2, -0.15) is 21.6 Å². The van der Waals surface area contributed by atoms with Crippen molar-refractivity contribution in [1.82, 2.24) is 9.97 Å². The average Bonchev–Trinajstić information content (AvgIpc) is 3.29. The zero-order valence-corrected chi connectivity index (χ0v) is 20.7. The number of benzene rings is 4. The Balaban J connectivity index is 1.63. The number of aryl methyl sites for hydroxylation is 2. The van der Waals surface area contributed by atoms with Gasteiger partial charge in [0.05, 0.1) is 15.8 Å². The standard InChI is InChI=1S/C27H19F3N2O5S/c1-14-3-4-18(11-15(14)2)16-5-7-17(8-6-16)25-31-21-10-9-19-12-20(38(34,35)36)13-22(23(19)24(21)32-25)37-26(33)27(28,29)30/h3-13H,1-2H3,(H,31,32)(H,34,35,36). The zero-order chi connectivity index (χ0) is 27.4. The van der Waals surface area contributed by atoms with Gasteiger partial charge in [0.1, 0.15) is 17.1 Å². The molecule has 11 heteroatoms. The molecule has 2 N–H and O–H groups in total. The summed E-state index contributed by atoms with van der Waals surface area (Å²) in [5.74, 6) is -2.85. The second-order valence-electron chi connectivity index (χ2n) is 8.81. The third-order valence-corrected chi connectivity index (χ3v) is 7.07. The summed E-state index contributed by atoms with van der Waals surface area (Å²) in [6.45, 7) is 4.07. The summed E-state index contributed by atoms with van der Waals surface area (Å²) in [4.78, 5) is 18.5. The maximum Gasteiger partial charge on any atom is 0.491 e. The number of rotatable bonds is 4. The summed E-state index contributed by atoms with van der Waals surface area (Å²) < 4.78 is 76.2. The Morgan fingerprint density at radius 1 is 0.895 bits per heavy atom. The summed E-state index contributed by atoms with van der Waals surface area (Å²) in [5, 5.41) is 0.0717. The second-order valence-corrected chi connectivity index (χ2v) is 10.2. The number of aromatic amines is 1. The summed E-state index contributed by atoms with van der Waals surface area (Å²) in [5.41, 5.74) is 5.62. The topological polar surface area (TPSA) is 109 Å². The minimum absolute atomic E-state index is 0.0262. The van der Waals surface area contributed by atoms with Crippen molar-refractivity contribution >= 4 is 37.9 Å². The van der Waals surface area contributed by atoms with Crippen LogP contribution in [0, 0.1) is 13.8 Å². The van der Waals surface area contributed by atoms with Crippen molar-refractivity contribution in [2.45, 2.75) is 24.9 Å². The molecule has 0 atom stereocenters. The molecule has 0 aliphatic rings. The molecule has 7 nitrogen and oxygen atoms in total. The maximum absolute atomic E-state index is 12.9. The van der Waals surface area contributed by atoms with E-state index in [4.69, 9.17) is 0 Å². The molecule has 1 heterocycles. The van der Waals surface area contributed by atoms with E-state index in [1.807, 2.05) is 50.2 Å². The number of nitrogens with zero attached hydrogens (tertiary/aromatic N) is 1. The summed E-state index contributed by atoms with van der Waals surface area (Å²) in [7, 11) is -4.81. The van der Waals surface area contributed by atoms with Gasteiger partial charge in [0.25, 0.3) is 10.1 Å². The van der Waals surface area contributed by atoms with Crippen molar-refractivity contribution in [1.29, 1.82) is 0 Å². The number of hydrogen-bond acceptors (Lipinski definition) is 5. The Morgan fingerprint density at radius 2 is 1.55 bits per heavy atom. The lowest BCUT2D eigenvalue weighted by Crippen LogP contribution is -2.28. The Hall–Kier alpha value is -4.22. The largest absolute Gasteiger partial charge is 0.491 e. The second kappa shape index (κ2) is 8.96. The van der Waals surface area contributed by atoms with Gasteiger partial charge in [0, 0.05) is 11.6 Å². The van der Waals surface area contributed by atoms with Gasteiger partial charge in [-0.05, 0) is 53.6 Å². The summed E-state index contributed by atoms with van der Waals surface area (Å²) >= 11 is 0. The van der Waals surface area contributed by atoms with E-state index >= 15 is 0 Å². The Bertz CT molecular complexity index is 1840. The molecule has 0 bridgehead atoms. The molecular weight excluding hydrogens is 521 g/mol. The van der Waals surface area contributed by atoms with E-state index in [-0.39, 0.29) is 16.3 Å². The van der Waals surface area contributed by atoms with Gasteiger partial charge in [-0.15, -0.1) is 0 Å². The molecule has 0 aliphatic carbocycles. The van der Waals surface area contributed by atoms with Crippen LogP contribution in [0.4, 0.5) is 13.2 Å². The van der Waals surface area contributed by atoms with E-state index in [1.165, 1.54) is 11.6 Å². The van der Waals surface area contributed by atoms with Crippen molar-refractivity contribution < 1.29 is 35.7 Å². The first-order valence-electron chi connectivity index (χ1n) is 11.2. The van der Waals surface area contributed by atoms with E-state index in [0.717, 1.165) is 22.8 Å². The van der Waals surface area contributed by atoms with Gasteiger partial charge in [-0.25, -0.2) is 9.78 Å². The molecule has 194 valence electrons. The van der Waals surface area contributed by atoms with E-state index in [0.29, 0.717) is 23.0 Å². The van der Waals surface area contributed by atoms with E-state index in [9.17, 15) is 30.9 Å². The van der Waals surface area contributed by atoms with Gasteiger partial charge < -0.3 is 9.72 Å². The fraction of sp³-hybridized carbons (Fsp3) is 0.111. The number of ether oxygens (including phenoxy) is 1. The highest BCUT2D eigenvalue weighted by atomic mass is 32.2. The number of imidazole rings is 1. The fourth-order valence-electron chi connectivity index (χ4n) is 4.13. The van der Waals surface area contributed by atoms with Crippen molar-refractivity contribution in [3.63, 3.8) is 0 Å². The number of carbonyl (C=O) groups is 1. The van der Waals surface area contributed by atoms with Crippen molar-refractivity contribution in [3.8, 4) is 28.3 Å². The number of H-pyrrole nitrogens is 1. The fourth-order valence-corrected chi connectivity index (χ4v) is 4.66. The van der Waals surface area contributed by atoms with Crippen molar-refractivity contribution in [2.24, 2.45) is 0 Å². The smallest absolute Gasteiger partial charge is 0.419 e. The Morgan fingerprint density at radius 3 is 2.18 bits per heavy atom. The Kier molecular flexibility index (Phi) is 6.00. The molecule has 1 aromatic heterocycles. The van der Waals surface area contributed by atoms with E-state index < -0.39 is 32.9 Å². The minimum atomic E-state index is -5.33. The van der Waals surface area contributed by atoms with Crippen LogP contribution < -0.4 is 4.74 Å². The van der Waals surface area contributed by atoms with E-state index in [1.54, 1.807) is 6.07 Å². The highest BCUT2D eigenvalue weighted by Gasteiger charge is 2.42. The molecule has 0 unspecified atom stereocenters. The molecule has 0 saturated heterocycles. The van der Waals surface area contributed by atoms with Gasteiger partial charge >= 0.3 is 12.1 Å². The van der Waals surface area contributed by atoms with Gasteiger partial charge in [0.2, 0.25) is 0 Å². The number of nitrogens with one attached hydrogen (secondary N) is 1. The molecule has 0 fully saturated rings. The predicted molar refractivity (Wildman–Crippen MR) is 135 cm³/mol. The zero-order valence-electron chi connectivity index (χ0n) is 19.9. The molecule has 0 radical (unpaired) electrons. The number of carbonyl (C=O) groups excluding carboxylic acids is 1. The third-order valence-electron chi connectivity index (χ3n) is 6.23. The highest BCUT2D eigenvalue weighted by Crippen LogP contribution is 2.37. The normalized spacial score (nSPS) is 12.3. The van der Waals surface area contributed by atoms with E-state index in [2.05, 4.69) is 20.8 Å². The van der Waals surface area contributed by atoms with Crippen LogP contribution in [0.25, 0.3) is 44.3 Å². The SMILES string of the molecule is Cc1ccc(-c2ccc(-c3nc4c(ccc5cc(S(=O)(=O)O)cc(OC(=O)C(F)(F)F)c54)[nH]3)cc2)cc1C. The number of aromatic nitrogens is 2. The van der Waals surface area contributed by atoms with Crippen LogP contribution in [-0.4, -0.2) is 35.1 Å². The molecule has 5 aromatic rings. The van der Waals surface area contributed by atoms with Gasteiger partial charge in [-0.3, -0.25) is 4.55 Å². The lowest BCUT2D eigenvalue weighted by Gasteiger charge is -2.11. The molecule has 0 saturated carbocycles. The lowest BCUT2D eigenvalue weighted by molar-refractivity contribution is -0.189. The highest BCUT2D eigenvalue weighted by molar-refractivity contribution is 7.85. The van der Waals surface area contributed by atoms with Gasteiger partial charge in [0.15, 0.2) is 0 Å². The molecule has 38 heavy (non-hydrogen) atoms. The molecule has 0 aliphatic heterocycles. The first-order chi connectivity index (χ1) is 17.8. The first-order valence-corrected chi connectivity index (χ1v) is 12.7. The monoisotopic (exact) mass is 540 g/mol. The number of hydrogen-bond donors (Lipinski definition) is 2. The molecule has 4 aromatic carbocycles. The van der Waals surface area contributed by atoms with Crippen LogP contribution in [-0.2, 0) is 14.9 Å². The van der Waals surface area contributed by atoms with Gasteiger partial charge in [-0.1, -0.05) is 48.5 Å². The molecule has 5 rings (SSSR count). The van der Waals surface area contributed by atoms with Crippen LogP contribution >= 0.6 is 0 Å². The van der Waals surface area contributed by atoms with Crippen LogP contribution in [0.15, 0.2) is 71.6 Å². The van der Waals surface area contributed by atoms with Crippen LogP contribution in [0.2, 0.25) is 0 Å². The van der Waals surface area contributed by atoms with Crippen LogP contribution in [0.3, 0.4) is 0 Å². The number of esters is 1. The van der Waals surface area contributed by atoms with Crippen LogP contribution in [0.5, 0.6) is 5.75 Å². The molecular formula is C27H19F3N2O5S. The summed E-state index contributed by atoms with van der Waals surface area (Å²) in [6.07, 6.45) is -5.33. The third kappa shape index (κ3) is 4.73. The number of halogens is 3.